The topological polar surface area (TPSA) is 105 Å². The smallest absolute Gasteiger partial charge is 0.216 e. The molecule has 0 amide bonds. The van der Waals surface area contributed by atoms with Gasteiger partial charge in [0, 0.05) is 39.3 Å². The molecule has 0 unspecified atom stereocenters. The van der Waals surface area contributed by atoms with E-state index in [1.165, 1.54) is 0 Å². The third-order valence-electron chi connectivity index (χ3n) is 4.47. The van der Waals surface area contributed by atoms with Gasteiger partial charge >= 0.3 is 0 Å². The number of rotatable bonds is 9. The van der Waals surface area contributed by atoms with Crippen molar-refractivity contribution in [2.45, 2.75) is 46.9 Å². The number of nitrogens with zero attached hydrogens (tertiary/aromatic N) is 6. The van der Waals surface area contributed by atoms with Crippen molar-refractivity contribution in [1.82, 2.24) is 29.3 Å². The molecule has 1 aromatic heterocycles. The maximum atomic E-state index is 12.5. The predicted molar refractivity (Wildman–Crippen MR) is 124 cm³/mol. The average Bonchev–Trinajstić information content (AvgIpc) is 3.12. The predicted octanol–water partition coefficient (Wildman–Crippen LogP) is 0.754. The van der Waals surface area contributed by atoms with Gasteiger partial charge in [0.15, 0.2) is 11.8 Å². The van der Waals surface area contributed by atoms with Gasteiger partial charge in [-0.25, -0.2) is 13.4 Å². The number of halogens is 1. The van der Waals surface area contributed by atoms with Crippen LogP contribution in [0.25, 0.3) is 0 Å². The molecule has 1 fully saturated rings. The first-order valence-corrected chi connectivity index (χ1v) is 11.5. The van der Waals surface area contributed by atoms with Crippen LogP contribution in [0.1, 0.15) is 33.5 Å². The summed E-state index contributed by atoms with van der Waals surface area (Å²) in [7, 11) is -3.30. The minimum Gasteiger partial charge on any atom is -0.378 e. The van der Waals surface area contributed by atoms with Gasteiger partial charge in [0.05, 0.1) is 18.5 Å². The van der Waals surface area contributed by atoms with Crippen LogP contribution in [0, 0.1) is 0 Å². The fourth-order valence-corrected chi connectivity index (χ4v) is 4.22. The maximum Gasteiger partial charge on any atom is 0.216 e. The molecular weight excluding hydrogens is 509 g/mol. The van der Waals surface area contributed by atoms with Crippen LogP contribution < -0.4 is 5.32 Å². The Morgan fingerprint density at radius 1 is 1.28 bits per heavy atom. The maximum absolute atomic E-state index is 12.5. The number of aliphatic imine (C=N–C) groups is 1. The Balaban J connectivity index is 0.00000420. The summed E-state index contributed by atoms with van der Waals surface area (Å²) in [6, 6.07) is 0. The summed E-state index contributed by atoms with van der Waals surface area (Å²) >= 11 is 0. The molecule has 0 saturated carbocycles. The molecule has 12 heteroatoms. The first kappa shape index (κ1) is 26.0. The number of ether oxygens (including phenoxy) is 1. The van der Waals surface area contributed by atoms with Crippen LogP contribution in [-0.2, 0) is 27.8 Å². The summed E-state index contributed by atoms with van der Waals surface area (Å²) < 4.78 is 33.9. The van der Waals surface area contributed by atoms with Crippen LogP contribution in [0.4, 0.5) is 0 Å². The zero-order valence-electron chi connectivity index (χ0n) is 17.7. The number of aromatic nitrogens is 3. The highest BCUT2D eigenvalue weighted by molar-refractivity contribution is 14.0. The first-order chi connectivity index (χ1) is 13.4. The van der Waals surface area contributed by atoms with Crippen LogP contribution >= 0.6 is 24.0 Å². The highest BCUT2D eigenvalue weighted by Gasteiger charge is 2.28. The Labute approximate surface area is 191 Å². The largest absolute Gasteiger partial charge is 0.378 e. The molecule has 2 rings (SSSR count). The van der Waals surface area contributed by atoms with Gasteiger partial charge < -0.3 is 19.5 Å². The van der Waals surface area contributed by atoms with E-state index >= 15 is 0 Å². The van der Waals surface area contributed by atoms with E-state index in [1.54, 1.807) is 10.6 Å². The van der Waals surface area contributed by atoms with Gasteiger partial charge in [-0.1, -0.05) is 0 Å². The van der Waals surface area contributed by atoms with Crippen molar-refractivity contribution in [2.75, 3.05) is 45.1 Å². The number of aryl methyl sites for hydroxylation is 1. The molecule has 10 nitrogen and oxygen atoms in total. The van der Waals surface area contributed by atoms with E-state index in [-0.39, 0.29) is 42.4 Å². The summed E-state index contributed by atoms with van der Waals surface area (Å²) in [4.78, 5) is 6.75. The molecule has 168 valence electrons. The molecule has 0 aliphatic carbocycles. The van der Waals surface area contributed by atoms with Crippen molar-refractivity contribution < 1.29 is 13.2 Å². The van der Waals surface area contributed by atoms with E-state index in [9.17, 15) is 8.42 Å². The molecule has 0 bridgehead atoms. The van der Waals surface area contributed by atoms with E-state index in [0.29, 0.717) is 32.7 Å². The number of guanidine groups is 1. The van der Waals surface area contributed by atoms with Crippen LogP contribution in [-0.4, -0.2) is 89.5 Å². The monoisotopic (exact) mass is 543 g/mol. The van der Waals surface area contributed by atoms with Crippen molar-refractivity contribution in [2.24, 2.45) is 4.99 Å². The Hall–Kier alpha value is -0.990. The number of piperazine rings is 1. The number of hydrogen-bond acceptors (Lipinski definition) is 6. The molecule has 1 N–H and O–H groups in total. The van der Waals surface area contributed by atoms with Crippen LogP contribution in [0.2, 0.25) is 0 Å². The standard InChI is InChI=1S/C17H33N7O3S.HI/c1-5-18-17(19-13-16-21-20-14-22(16)6-2)23-7-9-24(10-8-23)28(25,26)12-11-27-15(3)4;/h14-15H,5-13H2,1-4H3,(H,18,19);1H. The van der Waals surface area contributed by atoms with Gasteiger partial charge in [0.2, 0.25) is 10.0 Å². The third-order valence-corrected chi connectivity index (χ3v) is 6.30. The molecule has 0 spiro atoms. The summed E-state index contributed by atoms with van der Waals surface area (Å²) in [5.74, 6) is 1.60. The van der Waals surface area contributed by atoms with Crippen molar-refractivity contribution >= 4 is 40.0 Å². The zero-order chi connectivity index (χ0) is 20.6. The highest BCUT2D eigenvalue weighted by atomic mass is 127. The van der Waals surface area contributed by atoms with Crippen molar-refractivity contribution in [3.8, 4) is 0 Å². The second-order valence-electron chi connectivity index (χ2n) is 6.82. The van der Waals surface area contributed by atoms with Gasteiger partial charge in [0.25, 0.3) is 0 Å². The van der Waals surface area contributed by atoms with E-state index in [1.807, 2.05) is 32.3 Å². The zero-order valence-corrected chi connectivity index (χ0v) is 20.9. The Morgan fingerprint density at radius 2 is 1.97 bits per heavy atom. The van der Waals surface area contributed by atoms with Crippen molar-refractivity contribution in [3.63, 3.8) is 0 Å². The van der Waals surface area contributed by atoms with Crippen LogP contribution in [0.15, 0.2) is 11.3 Å². The van der Waals surface area contributed by atoms with Crippen molar-refractivity contribution in [3.05, 3.63) is 12.2 Å². The summed E-state index contributed by atoms with van der Waals surface area (Å²) in [5, 5.41) is 11.3. The number of nitrogens with one attached hydrogen (secondary N) is 1. The Bertz CT molecular complexity index is 731. The molecule has 29 heavy (non-hydrogen) atoms. The quantitative estimate of drug-likeness (QED) is 0.279. The lowest BCUT2D eigenvalue weighted by Gasteiger charge is -2.35. The Kier molecular flexibility index (Phi) is 11.4. The van der Waals surface area contributed by atoms with E-state index in [0.717, 1.165) is 24.9 Å². The van der Waals surface area contributed by atoms with E-state index < -0.39 is 10.0 Å². The fourth-order valence-electron chi connectivity index (χ4n) is 2.93. The fraction of sp³-hybridized carbons (Fsp3) is 0.824. The minimum atomic E-state index is -3.30. The molecule has 0 aromatic carbocycles. The molecular formula is C17H34IN7O3S. The van der Waals surface area contributed by atoms with Gasteiger partial charge in [-0.2, -0.15) is 4.31 Å². The second-order valence-corrected chi connectivity index (χ2v) is 8.91. The number of sulfonamides is 1. The summed E-state index contributed by atoms with van der Waals surface area (Å²) in [6.07, 6.45) is 1.73. The summed E-state index contributed by atoms with van der Waals surface area (Å²) in [5.41, 5.74) is 0. The lowest BCUT2D eigenvalue weighted by atomic mass is 10.4. The molecule has 0 radical (unpaired) electrons. The third kappa shape index (κ3) is 7.98. The molecule has 1 aliphatic rings. The first-order valence-electron chi connectivity index (χ1n) is 9.86. The molecule has 1 saturated heterocycles. The van der Waals surface area contributed by atoms with Gasteiger partial charge in [-0.15, -0.1) is 34.2 Å². The van der Waals surface area contributed by atoms with E-state index in [2.05, 4.69) is 25.4 Å². The molecule has 2 heterocycles. The van der Waals surface area contributed by atoms with E-state index in [4.69, 9.17) is 4.74 Å². The highest BCUT2D eigenvalue weighted by Crippen LogP contribution is 2.09. The Morgan fingerprint density at radius 3 is 2.55 bits per heavy atom. The minimum absolute atomic E-state index is 0. The van der Waals surface area contributed by atoms with Crippen molar-refractivity contribution in [1.29, 1.82) is 0 Å². The lowest BCUT2D eigenvalue weighted by molar-refractivity contribution is 0.0904. The average molecular weight is 543 g/mol. The molecule has 1 aromatic rings. The number of hydrogen-bond donors (Lipinski definition) is 1. The molecule has 0 atom stereocenters. The van der Waals surface area contributed by atoms with Crippen LogP contribution in [0.3, 0.4) is 0 Å². The van der Waals surface area contributed by atoms with Gasteiger partial charge in [0.1, 0.15) is 12.9 Å². The second kappa shape index (κ2) is 12.6. The van der Waals surface area contributed by atoms with Gasteiger partial charge in [-0.3, -0.25) is 0 Å². The SMILES string of the molecule is CCNC(=NCc1nncn1CC)N1CCN(S(=O)(=O)CCOC(C)C)CC1.I. The van der Waals surface area contributed by atoms with Crippen LogP contribution in [0.5, 0.6) is 0 Å². The molecule has 1 aliphatic heterocycles. The normalized spacial score (nSPS) is 16.2. The summed E-state index contributed by atoms with van der Waals surface area (Å²) in [6.45, 7) is 12.1. The van der Waals surface area contributed by atoms with Gasteiger partial charge in [-0.05, 0) is 27.7 Å². The lowest BCUT2D eigenvalue weighted by Crippen LogP contribution is -2.54.